The van der Waals surface area contributed by atoms with Crippen molar-refractivity contribution in [1.29, 1.82) is 0 Å². The Hall–Kier alpha value is -4.29. The Balaban J connectivity index is 2.68. The van der Waals surface area contributed by atoms with E-state index in [1.165, 1.54) is 0 Å². The van der Waals surface area contributed by atoms with Crippen LogP contribution in [0.1, 0.15) is 0 Å². The molecular formula is C27H9BF19O3Si-. The van der Waals surface area contributed by atoms with Crippen molar-refractivity contribution in [1.82, 2.24) is 0 Å². The molecule has 0 aliphatic carbocycles. The first kappa shape index (κ1) is 39.5. The van der Waals surface area contributed by atoms with Gasteiger partial charge in [-0.25, -0.2) is 83.4 Å². The summed E-state index contributed by atoms with van der Waals surface area (Å²) >= 11 is 0. The smallest absolute Gasteiger partial charge is 0.373 e. The Morgan fingerprint density at radius 3 is 0.608 bits per heavy atom. The molecule has 0 fully saturated rings. The van der Waals surface area contributed by atoms with Gasteiger partial charge >= 0.3 is 8.80 Å². The van der Waals surface area contributed by atoms with Gasteiger partial charge in [-0.3, -0.25) is 0 Å². The zero-order valence-corrected chi connectivity index (χ0v) is 25.5. The van der Waals surface area contributed by atoms with Crippen LogP contribution in [-0.4, -0.2) is 36.3 Å². The van der Waals surface area contributed by atoms with Gasteiger partial charge in [-0.1, -0.05) is 0 Å². The standard InChI is InChI=1S/C27H9BF19O3Si/c1-48-51(49-2,50-3)27-25(46)14(35)7(15(36)26(27)47)28(4-8(29)16(37)22(43)17(38)9(4)30,5-10(31)18(39)23(44)19(40)11(5)32)6-12(33)20(41)24(45)21(42)13(6)34/h1-3H3/q-1. The second kappa shape index (κ2) is 13.4. The van der Waals surface area contributed by atoms with Crippen molar-refractivity contribution in [3.63, 3.8) is 0 Å². The maximum atomic E-state index is 16.4. The summed E-state index contributed by atoms with van der Waals surface area (Å²) in [5.41, 5.74) is -14.1. The molecule has 0 bridgehead atoms. The van der Waals surface area contributed by atoms with Gasteiger partial charge in [0.05, 0.1) is 5.19 Å². The van der Waals surface area contributed by atoms with Gasteiger partial charge in [-0.05, 0) is 0 Å². The van der Waals surface area contributed by atoms with Crippen LogP contribution in [0.4, 0.5) is 83.4 Å². The molecule has 0 saturated carbocycles. The number of hydrogen-bond acceptors (Lipinski definition) is 3. The molecule has 0 aliphatic heterocycles. The van der Waals surface area contributed by atoms with E-state index in [-0.39, 0.29) is 0 Å². The van der Waals surface area contributed by atoms with Gasteiger partial charge in [0.2, 0.25) is 0 Å². The molecule has 0 amide bonds. The lowest BCUT2D eigenvalue weighted by molar-refractivity contribution is 0.138. The Morgan fingerprint density at radius 2 is 0.431 bits per heavy atom. The fourth-order valence-corrected chi connectivity index (χ4v) is 7.60. The lowest BCUT2D eigenvalue weighted by Gasteiger charge is -2.45. The zero-order valence-electron chi connectivity index (χ0n) is 24.5. The van der Waals surface area contributed by atoms with E-state index in [1.54, 1.807) is 0 Å². The second-order valence-corrected chi connectivity index (χ2v) is 12.9. The van der Waals surface area contributed by atoms with Crippen molar-refractivity contribution in [2.45, 2.75) is 0 Å². The van der Waals surface area contributed by atoms with Gasteiger partial charge in [0, 0.05) is 21.3 Å². The first-order valence-electron chi connectivity index (χ1n) is 12.8. The van der Waals surface area contributed by atoms with Gasteiger partial charge in [-0.2, -0.15) is 0 Å². The molecular weight excluding hydrogens is 772 g/mol. The van der Waals surface area contributed by atoms with Crippen molar-refractivity contribution in [3.05, 3.63) is 111 Å². The van der Waals surface area contributed by atoms with Crippen molar-refractivity contribution in [2.75, 3.05) is 21.3 Å². The summed E-state index contributed by atoms with van der Waals surface area (Å²) in [5, 5.41) is -2.19. The summed E-state index contributed by atoms with van der Waals surface area (Å²) < 4.78 is 304. The van der Waals surface area contributed by atoms with Gasteiger partial charge in [0.15, 0.2) is 64.0 Å². The predicted molar refractivity (Wildman–Crippen MR) is 136 cm³/mol. The van der Waals surface area contributed by atoms with Crippen molar-refractivity contribution in [2.24, 2.45) is 0 Å². The van der Waals surface area contributed by atoms with Crippen molar-refractivity contribution >= 4 is 42.0 Å². The van der Waals surface area contributed by atoms with Crippen molar-refractivity contribution < 1.29 is 96.7 Å². The normalized spacial score (nSPS) is 12.4. The van der Waals surface area contributed by atoms with Crippen LogP contribution in [0, 0.1) is 111 Å². The molecule has 3 nitrogen and oxygen atoms in total. The summed E-state index contributed by atoms with van der Waals surface area (Å²) in [4.78, 5) is 0. The first-order chi connectivity index (χ1) is 23.6. The molecule has 0 spiro atoms. The van der Waals surface area contributed by atoms with E-state index in [9.17, 15) is 39.5 Å². The van der Waals surface area contributed by atoms with Gasteiger partial charge in [0.1, 0.15) is 52.7 Å². The molecule has 4 aromatic carbocycles. The largest absolute Gasteiger partial charge is 0.542 e. The monoisotopic (exact) mass is 781 g/mol. The summed E-state index contributed by atoms with van der Waals surface area (Å²) in [6, 6.07) is 0. The van der Waals surface area contributed by atoms with Crippen LogP contribution in [0.25, 0.3) is 0 Å². The molecule has 0 saturated heterocycles. The SMILES string of the molecule is CO[Si](OC)(OC)c1c(F)c(F)c([B-](c2c(F)c(F)c(F)c(F)c2F)(c2c(F)c(F)c(F)c(F)c2F)c2c(F)c(F)c(F)c(F)c2F)c(F)c1F. The quantitative estimate of drug-likeness (QED) is 0.112. The number of hydrogen-bond donors (Lipinski definition) is 0. The lowest BCUT2D eigenvalue weighted by Crippen LogP contribution is -2.81. The second-order valence-electron chi connectivity index (χ2n) is 10.0. The lowest BCUT2D eigenvalue weighted by atomic mass is 9.12. The molecule has 276 valence electrons. The molecule has 4 aromatic rings. The molecule has 0 N–H and O–H groups in total. The number of rotatable bonds is 8. The average molecular weight is 781 g/mol. The van der Waals surface area contributed by atoms with Crippen molar-refractivity contribution in [3.8, 4) is 0 Å². The van der Waals surface area contributed by atoms with Crippen LogP contribution in [-0.2, 0) is 13.3 Å². The first-order valence-corrected chi connectivity index (χ1v) is 14.6. The maximum absolute atomic E-state index is 16.4. The molecule has 4 rings (SSSR count). The summed E-state index contributed by atoms with van der Waals surface area (Å²) in [6.45, 7) is 0. The van der Waals surface area contributed by atoms with E-state index < -0.39 is 153 Å². The zero-order chi connectivity index (χ0) is 39.0. The minimum absolute atomic E-state index is 0.495. The van der Waals surface area contributed by atoms with Crippen LogP contribution in [0.5, 0.6) is 0 Å². The average Bonchev–Trinajstić information content (AvgIpc) is 3.11. The highest BCUT2D eigenvalue weighted by atomic mass is 28.4. The highest BCUT2D eigenvalue weighted by molar-refractivity contribution is 7.20. The number of halogens is 19. The third-order valence-electron chi connectivity index (χ3n) is 7.87. The van der Waals surface area contributed by atoms with Gasteiger partial charge in [-0.15, -0.1) is 21.9 Å². The van der Waals surface area contributed by atoms with E-state index >= 15 is 43.9 Å². The third kappa shape index (κ3) is 5.11. The van der Waals surface area contributed by atoms with E-state index in [0.29, 0.717) is 21.3 Å². The van der Waals surface area contributed by atoms with Crippen LogP contribution in [0.15, 0.2) is 0 Å². The molecule has 0 aromatic heterocycles. The Morgan fingerprint density at radius 1 is 0.275 bits per heavy atom. The molecule has 0 atom stereocenters. The van der Waals surface area contributed by atoms with Gasteiger partial charge in [0.25, 0.3) is 0 Å². The van der Waals surface area contributed by atoms with E-state index in [4.69, 9.17) is 0 Å². The predicted octanol–water partition coefficient (Wildman–Crippen LogP) is 4.79. The topological polar surface area (TPSA) is 27.7 Å². The molecule has 51 heavy (non-hydrogen) atoms. The summed E-state index contributed by atoms with van der Waals surface area (Å²) in [7, 11) is -3.90. The molecule has 0 heterocycles. The maximum Gasteiger partial charge on any atom is 0.542 e. The fourth-order valence-electron chi connectivity index (χ4n) is 5.73. The highest BCUT2D eigenvalue weighted by Crippen LogP contribution is 2.30. The van der Waals surface area contributed by atoms with E-state index in [0.717, 1.165) is 0 Å². The molecule has 0 aliphatic rings. The molecule has 0 radical (unpaired) electrons. The number of benzene rings is 4. The molecule has 24 heteroatoms. The summed E-state index contributed by atoms with van der Waals surface area (Å²) in [6.07, 6.45) is -7.21. The third-order valence-corrected chi connectivity index (χ3v) is 10.5. The Labute approximate surface area is 271 Å². The van der Waals surface area contributed by atoms with Crippen LogP contribution >= 0.6 is 0 Å². The highest BCUT2D eigenvalue weighted by Gasteiger charge is 2.55. The fraction of sp³-hybridized carbons (Fsp3) is 0.111. The van der Waals surface area contributed by atoms with Crippen LogP contribution in [0.2, 0.25) is 0 Å². The Bertz CT molecular complexity index is 1850. The summed E-state index contributed by atoms with van der Waals surface area (Å²) in [5.74, 6) is -66.3. The van der Waals surface area contributed by atoms with E-state index in [1.807, 2.05) is 0 Å². The van der Waals surface area contributed by atoms with Crippen LogP contribution in [0.3, 0.4) is 0 Å². The minimum Gasteiger partial charge on any atom is -0.373 e. The van der Waals surface area contributed by atoms with E-state index in [2.05, 4.69) is 13.3 Å². The van der Waals surface area contributed by atoms with Gasteiger partial charge < -0.3 is 13.3 Å². The van der Waals surface area contributed by atoms with Crippen LogP contribution < -0.4 is 27.0 Å². The minimum atomic E-state index is -7.21. The Kier molecular flexibility index (Phi) is 10.3. The molecule has 0 unspecified atom stereocenters.